The Labute approximate surface area is 151 Å². The summed E-state index contributed by atoms with van der Waals surface area (Å²) in [7, 11) is 2.18. The summed E-state index contributed by atoms with van der Waals surface area (Å²) >= 11 is 0. The van der Waals surface area contributed by atoms with Gasteiger partial charge in [-0.05, 0) is 77.2 Å². The Hall–Kier alpha value is -1.39. The third kappa shape index (κ3) is 4.62. The van der Waals surface area contributed by atoms with Crippen LogP contribution in [0.2, 0.25) is 0 Å². The molecule has 4 heteroatoms. The number of benzene rings is 1. The average molecular weight is 344 g/mol. The van der Waals surface area contributed by atoms with Gasteiger partial charge in [0.2, 0.25) is 0 Å². The fourth-order valence-corrected chi connectivity index (χ4v) is 4.37. The van der Waals surface area contributed by atoms with Crippen LogP contribution in [0.5, 0.6) is 0 Å². The van der Waals surface area contributed by atoms with E-state index in [1.165, 1.54) is 12.8 Å². The molecule has 25 heavy (non-hydrogen) atoms. The largest absolute Gasteiger partial charge is 0.390 e. The van der Waals surface area contributed by atoms with E-state index in [1.807, 2.05) is 38.1 Å². The first kappa shape index (κ1) is 18.4. The van der Waals surface area contributed by atoms with E-state index in [0.29, 0.717) is 11.8 Å². The zero-order valence-electron chi connectivity index (χ0n) is 15.9. The Morgan fingerprint density at radius 1 is 1.24 bits per heavy atom. The molecule has 1 N–H and O–H groups in total. The summed E-state index contributed by atoms with van der Waals surface area (Å²) < 4.78 is 0. The number of carbonyl (C=O) groups is 1. The number of hydrogen-bond donors (Lipinski definition) is 1. The zero-order valence-corrected chi connectivity index (χ0v) is 15.9. The van der Waals surface area contributed by atoms with Crippen LogP contribution in [0, 0.1) is 5.41 Å². The van der Waals surface area contributed by atoms with E-state index >= 15 is 0 Å². The average Bonchev–Trinajstić information content (AvgIpc) is 2.92. The second-order valence-corrected chi connectivity index (χ2v) is 8.83. The molecule has 1 atom stereocenters. The van der Waals surface area contributed by atoms with Crippen molar-refractivity contribution < 1.29 is 9.90 Å². The zero-order chi connectivity index (χ0) is 18.1. The molecule has 2 aliphatic heterocycles. The lowest BCUT2D eigenvalue weighted by atomic mass is 9.79. The molecule has 1 spiro atoms. The van der Waals surface area contributed by atoms with E-state index in [0.717, 1.165) is 50.1 Å². The van der Waals surface area contributed by atoms with Crippen LogP contribution >= 0.6 is 0 Å². The van der Waals surface area contributed by atoms with Crippen molar-refractivity contribution in [1.82, 2.24) is 9.80 Å². The lowest BCUT2D eigenvalue weighted by Gasteiger charge is -2.40. The molecule has 0 bridgehead atoms. The maximum atomic E-state index is 13.0. The smallest absolute Gasteiger partial charge is 0.253 e. The summed E-state index contributed by atoms with van der Waals surface area (Å²) in [5.74, 6) is 0.165. The van der Waals surface area contributed by atoms with Gasteiger partial charge in [0.1, 0.15) is 0 Å². The molecule has 0 unspecified atom stereocenters. The van der Waals surface area contributed by atoms with E-state index in [9.17, 15) is 9.90 Å². The number of nitrogens with zero attached hydrogens (tertiary/aromatic N) is 2. The second kappa shape index (κ2) is 7.08. The summed E-state index contributed by atoms with van der Waals surface area (Å²) in [4.78, 5) is 17.5. The van der Waals surface area contributed by atoms with Crippen molar-refractivity contribution in [3.63, 3.8) is 0 Å². The minimum atomic E-state index is -0.673. The van der Waals surface area contributed by atoms with Crippen LogP contribution in [0.25, 0.3) is 0 Å². The van der Waals surface area contributed by atoms with Crippen molar-refractivity contribution in [2.75, 3.05) is 33.2 Å². The second-order valence-electron chi connectivity index (χ2n) is 8.83. The molecule has 0 aliphatic carbocycles. The Morgan fingerprint density at radius 2 is 2.04 bits per heavy atom. The van der Waals surface area contributed by atoms with E-state index in [1.54, 1.807) is 0 Å². The molecule has 1 aromatic carbocycles. The number of likely N-dealkylation sites (tertiary alicyclic amines) is 2. The van der Waals surface area contributed by atoms with Crippen LogP contribution in [-0.2, 0) is 6.42 Å². The molecular weight excluding hydrogens is 312 g/mol. The number of aliphatic hydroxyl groups is 1. The first-order valence-electron chi connectivity index (χ1n) is 9.56. The Bertz CT molecular complexity index is 619. The highest BCUT2D eigenvalue weighted by Crippen LogP contribution is 2.38. The molecule has 2 heterocycles. The molecule has 1 aromatic rings. The van der Waals surface area contributed by atoms with Gasteiger partial charge >= 0.3 is 0 Å². The number of amides is 1. The van der Waals surface area contributed by atoms with Gasteiger partial charge in [-0.25, -0.2) is 0 Å². The summed E-state index contributed by atoms with van der Waals surface area (Å²) in [5.41, 5.74) is 1.55. The highest BCUT2D eigenvalue weighted by molar-refractivity contribution is 5.94. The van der Waals surface area contributed by atoms with Crippen molar-refractivity contribution in [1.29, 1.82) is 0 Å². The molecule has 2 aliphatic rings. The predicted molar refractivity (Wildman–Crippen MR) is 101 cm³/mol. The van der Waals surface area contributed by atoms with Crippen molar-refractivity contribution in [3.05, 3.63) is 35.4 Å². The minimum Gasteiger partial charge on any atom is -0.390 e. The third-order valence-corrected chi connectivity index (χ3v) is 5.78. The highest BCUT2D eigenvalue weighted by Gasteiger charge is 2.41. The molecule has 0 radical (unpaired) electrons. The van der Waals surface area contributed by atoms with E-state index in [2.05, 4.69) is 16.8 Å². The molecule has 1 amide bonds. The normalized spacial score (nSPS) is 24.9. The summed E-state index contributed by atoms with van der Waals surface area (Å²) in [6.07, 6.45) is 5.05. The van der Waals surface area contributed by atoms with E-state index < -0.39 is 5.60 Å². The SMILES string of the molecule is CN1CC[C@@]2(CCCN(C(=O)c3cccc(CCC(C)(C)O)c3)C2)C1. The van der Waals surface area contributed by atoms with E-state index in [4.69, 9.17) is 0 Å². The van der Waals surface area contributed by atoms with Crippen LogP contribution in [0.3, 0.4) is 0 Å². The summed E-state index contributed by atoms with van der Waals surface area (Å²) in [5, 5.41) is 9.92. The quantitative estimate of drug-likeness (QED) is 0.913. The van der Waals surface area contributed by atoms with Gasteiger partial charge < -0.3 is 14.9 Å². The number of aryl methyl sites for hydroxylation is 1. The van der Waals surface area contributed by atoms with E-state index in [-0.39, 0.29) is 5.91 Å². The Kier molecular flexibility index (Phi) is 5.21. The Balaban J connectivity index is 1.68. The molecule has 4 nitrogen and oxygen atoms in total. The first-order valence-corrected chi connectivity index (χ1v) is 9.56. The minimum absolute atomic E-state index is 0.165. The molecule has 2 fully saturated rings. The summed E-state index contributed by atoms with van der Waals surface area (Å²) in [6.45, 7) is 7.68. The lowest BCUT2D eigenvalue weighted by molar-refractivity contribution is 0.0534. The van der Waals surface area contributed by atoms with Gasteiger partial charge in [0.05, 0.1) is 5.60 Å². The van der Waals surface area contributed by atoms with Crippen LogP contribution in [0.15, 0.2) is 24.3 Å². The van der Waals surface area contributed by atoms with Gasteiger partial charge in [-0.1, -0.05) is 12.1 Å². The van der Waals surface area contributed by atoms with Crippen molar-refractivity contribution >= 4 is 5.91 Å². The van der Waals surface area contributed by atoms with Gasteiger partial charge in [0.25, 0.3) is 5.91 Å². The van der Waals surface area contributed by atoms with Gasteiger partial charge in [0, 0.05) is 30.6 Å². The number of rotatable bonds is 4. The van der Waals surface area contributed by atoms with Crippen LogP contribution in [-0.4, -0.2) is 59.6 Å². The molecule has 0 aromatic heterocycles. The third-order valence-electron chi connectivity index (χ3n) is 5.78. The number of piperidine rings is 1. The first-order chi connectivity index (χ1) is 11.8. The van der Waals surface area contributed by atoms with Crippen LogP contribution < -0.4 is 0 Å². The van der Waals surface area contributed by atoms with Crippen molar-refractivity contribution in [2.45, 2.75) is 51.6 Å². The van der Waals surface area contributed by atoms with Crippen LogP contribution in [0.4, 0.5) is 0 Å². The number of hydrogen-bond acceptors (Lipinski definition) is 3. The number of carbonyl (C=O) groups excluding carboxylic acids is 1. The van der Waals surface area contributed by atoms with Crippen molar-refractivity contribution in [3.8, 4) is 0 Å². The maximum Gasteiger partial charge on any atom is 0.253 e. The molecular formula is C21H32N2O2. The predicted octanol–water partition coefficient (Wildman–Crippen LogP) is 2.95. The van der Waals surface area contributed by atoms with Crippen LogP contribution in [0.1, 0.15) is 55.5 Å². The van der Waals surface area contributed by atoms with Gasteiger partial charge in [-0.15, -0.1) is 0 Å². The monoisotopic (exact) mass is 344 g/mol. The fraction of sp³-hybridized carbons (Fsp3) is 0.667. The van der Waals surface area contributed by atoms with Crippen molar-refractivity contribution in [2.24, 2.45) is 5.41 Å². The van der Waals surface area contributed by atoms with Gasteiger partial charge in [-0.2, -0.15) is 0 Å². The molecule has 3 rings (SSSR count). The molecule has 2 saturated heterocycles. The summed E-state index contributed by atoms with van der Waals surface area (Å²) in [6, 6.07) is 7.95. The standard InChI is InChI=1S/C21H32N2O2/c1-20(2,25)10-8-17-6-4-7-18(14-17)19(24)23-12-5-9-21(16-23)11-13-22(3)15-21/h4,6-7,14,25H,5,8-13,15-16H2,1-3H3/t21-/m0/s1. The van der Waals surface area contributed by atoms with Gasteiger partial charge in [-0.3, -0.25) is 4.79 Å². The maximum absolute atomic E-state index is 13.0. The topological polar surface area (TPSA) is 43.8 Å². The fourth-order valence-electron chi connectivity index (χ4n) is 4.37. The highest BCUT2D eigenvalue weighted by atomic mass is 16.3. The molecule has 138 valence electrons. The van der Waals surface area contributed by atoms with Gasteiger partial charge in [0.15, 0.2) is 0 Å². The molecule has 0 saturated carbocycles. The lowest BCUT2D eigenvalue weighted by Crippen LogP contribution is -2.47. The Morgan fingerprint density at radius 3 is 2.72 bits per heavy atom.